The van der Waals surface area contributed by atoms with Crippen LogP contribution in [0.5, 0.6) is 0 Å². The molecule has 1 unspecified atom stereocenters. The zero-order chi connectivity index (χ0) is 14.6. The minimum absolute atomic E-state index is 0.169. The van der Waals surface area contributed by atoms with Crippen molar-refractivity contribution in [3.8, 4) is 0 Å². The number of hydrogen-bond acceptors (Lipinski definition) is 3. The monoisotopic (exact) mass is 282 g/mol. The molecule has 2 aliphatic rings. The summed E-state index contributed by atoms with van der Waals surface area (Å²) in [7, 11) is 0. The fourth-order valence-corrected chi connectivity index (χ4v) is 3.65. The highest BCUT2D eigenvalue weighted by Crippen LogP contribution is 2.41. The van der Waals surface area contributed by atoms with Gasteiger partial charge in [0.1, 0.15) is 0 Å². The van der Waals surface area contributed by atoms with Crippen molar-refractivity contribution < 1.29 is 9.53 Å². The van der Waals surface area contributed by atoms with Crippen LogP contribution in [-0.2, 0) is 9.53 Å². The molecule has 2 N–H and O–H groups in total. The molecule has 116 valence electrons. The molecule has 0 radical (unpaired) electrons. The van der Waals surface area contributed by atoms with Crippen molar-refractivity contribution >= 4 is 5.91 Å². The van der Waals surface area contributed by atoms with E-state index in [0.717, 1.165) is 32.4 Å². The summed E-state index contributed by atoms with van der Waals surface area (Å²) < 4.78 is 5.68. The van der Waals surface area contributed by atoms with Gasteiger partial charge in [-0.15, -0.1) is 0 Å². The van der Waals surface area contributed by atoms with Gasteiger partial charge in [-0.2, -0.15) is 0 Å². The molecule has 2 fully saturated rings. The standard InChI is InChI=1S/C16H30N2O2/c1-16(2)8-4-3-5-14(16)15(19)18-10-6-13(7-11-18)20-12-9-17/h13-14H,3-12,17H2,1-2H3. The SMILES string of the molecule is CC1(C)CCCCC1C(=O)N1CCC(OCCN)CC1. The molecule has 1 aliphatic carbocycles. The van der Waals surface area contributed by atoms with Gasteiger partial charge in [0.05, 0.1) is 12.7 Å². The summed E-state index contributed by atoms with van der Waals surface area (Å²) in [4.78, 5) is 14.8. The first-order chi connectivity index (χ1) is 9.54. The van der Waals surface area contributed by atoms with E-state index in [1.54, 1.807) is 0 Å². The van der Waals surface area contributed by atoms with Gasteiger partial charge in [0.2, 0.25) is 5.91 Å². The Labute approximate surface area is 123 Å². The zero-order valence-electron chi connectivity index (χ0n) is 13.1. The Hall–Kier alpha value is -0.610. The molecule has 2 rings (SSSR count). The molecule has 4 heteroatoms. The number of likely N-dealkylation sites (tertiary alicyclic amines) is 1. The molecule has 0 aromatic heterocycles. The van der Waals surface area contributed by atoms with Gasteiger partial charge in [-0.3, -0.25) is 4.79 Å². The summed E-state index contributed by atoms with van der Waals surface area (Å²) in [5.74, 6) is 0.602. The maximum Gasteiger partial charge on any atom is 0.226 e. The Balaban J connectivity index is 1.85. The molecule has 0 spiro atoms. The van der Waals surface area contributed by atoms with E-state index in [1.165, 1.54) is 19.3 Å². The van der Waals surface area contributed by atoms with Crippen LogP contribution in [0, 0.1) is 11.3 Å². The average molecular weight is 282 g/mol. The van der Waals surface area contributed by atoms with Crippen molar-refractivity contribution in [1.82, 2.24) is 4.90 Å². The summed E-state index contributed by atoms with van der Waals surface area (Å²) >= 11 is 0. The second-order valence-corrected chi connectivity index (χ2v) is 6.97. The molecule has 0 aromatic rings. The first kappa shape index (κ1) is 15.8. The number of rotatable bonds is 4. The number of nitrogens with zero attached hydrogens (tertiary/aromatic N) is 1. The second-order valence-electron chi connectivity index (χ2n) is 6.97. The van der Waals surface area contributed by atoms with Crippen LogP contribution in [0.15, 0.2) is 0 Å². The number of carbonyl (C=O) groups excluding carboxylic acids is 1. The van der Waals surface area contributed by atoms with Crippen molar-refractivity contribution in [3.05, 3.63) is 0 Å². The molecule has 1 saturated heterocycles. The molecule has 4 nitrogen and oxygen atoms in total. The van der Waals surface area contributed by atoms with E-state index >= 15 is 0 Å². The third-order valence-corrected chi connectivity index (χ3v) is 5.03. The lowest BCUT2D eigenvalue weighted by atomic mass is 9.68. The Morgan fingerprint density at radius 1 is 1.25 bits per heavy atom. The van der Waals surface area contributed by atoms with Crippen LogP contribution in [0.3, 0.4) is 0 Å². The lowest BCUT2D eigenvalue weighted by Gasteiger charge is -2.42. The molecular weight excluding hydrogens is 252 g/mol. The molecule has 1 amide bonds. The number of carbonyl (C=O) groups is 1. The molecule has 1 heterocycles. The summed E-state index contributed by atoms with van der Waals surface area (Å²) in [6, 6.07) is 0. The first-order valence-corrected chi connectivity index (χ1v) is 8.15. The van der Waals surface area contributed by atoms with Crippen molar-refractivity contribution in [2.45, 2.75) is 58.5 Å². The number of piperidine rings is 1. The predicted molar refractivity (Wildman–Crippen MR) is 80.3 cm³/mol. The largest absolute Gasteiger partial charge is 0.377 e. The fourth-order valence-electron chi connectivity index (χ4n) is 3.65. The number of hydrogen-bond donors (Lipinski definition) is 1. The summed E-state index contributed by atoms with van der Waals surface area (Å²) in [6.07, 6.45) is 6.93. The van der Waals surface area contributed by atoms with Crippen LogP contribution in [-0.4, -0.2) is 43.2 Å². The molecule has 1 saturated carbocycles. The van der Waals surface area contributed by atoms with Crippen LogP contribution in [0.4, 0.5) is 0 Å². The van der Waals surface area contributed by atoms with Gasteiger partial charge in [-0.25, -0.2) is 0 Å². The van der Waals surface area contributed by atoms with E-state index in [-0.39, 0.29) is 11.3 Å². The predicted octanol–water partition coefficient (Wildman–Crippen LogP) is 2.17. The van der Waals surface area contributed by atoms with E-state index in [0.29, 0.717) is 25.2 Å². The Morgan fingerprint density at radius 3 is 2.55 bits per heavy atom. The Morgan fingerprint density at radius 2 is 1.95 bits per heavy atom. The number of nitrogens with two attached hydrogens (primary N) is 1. The third kappa shape index (κ3) is 3.73. The highest BCUT2D eigenvalue weighted by molar-refractivity contribution is 5.79. The quantitative estimate of drug-likeness (QED) is 0.860. The van der Waals surface area contributed by atoms with Crippen molar-refractivity contribution in [1.29, 1.82) is 0 Å². The highest BCUT2D eigenvalue weighted by atomic mass is 16.5. The molecule has 1 aliphatic heterocycles. The maximum absolute atomic E-state index is 12.8. The van der Waals surface area contributed by atoms with Crippen molar-refractivity contribution in [3.63, 3.8) is 0 Å². The summed E-state index contributed by atoms with van der Waals surface area (Å²) in [5, 5.41) is 0. The summed E-state index contributed by atoms with van der Waals surface area (Å²) in [5.41, 5.74) is 5.63. The maximum atomic E-state index is 12.8. The fraction of sp³-hybridized carbons (Fsp3) is 0.938. The minimum atomic E-state index is 0.169. The minimum Gasteiger partial charge on any atom is -0.377 e. The molecule has 0 bridgehead atoms. The topological polar surface area (TPSA) is 55.6 Å². The lowest BCUT2D eigenvalue weighted by Crippen LogP contribution is -2.47. The van der Waals surface area contributed by atoms with Crippen molar-refractivity contribution in [2.24, 2.45) is 17.1 Å². The average Bonchev–Trinajstić information content (AvgIpc) is 2.44. The van der Waals surface area contributed by atoms with Crippen molar-refractivity contribution in [2.75, 3.05) is 26.2 Å². The van der Waals surface area contributed by atoms with E-state index in [2.05, 4.69) is 18.7 Å². The van der Waals surface area contributed by atoms with Crippen LogP contribution < -0.4 is 5.73 Å². The molecular formula is C16H30N2O2. The van der Waals surface area contributed by atoms with Gasteiger partial charge in [0.15, 0.2) is 0 Å². The lowest BCUT2D eigenvalue weighted by molar-refractivity contribution is -0.143. The normalized spacial score (nSPS) is 27.6. The molecule has 1 atom stereocenters. The number of ether oxygens (including phenoxy) is 1. The number of amides is 1. The first-order valence-electron chi connectivity index (χ1n) is 8.15. The second kappa shape index (κ2) is 6.90. The third-order valence-electron chi connectivity index (χ3n) is 5.03. The molecule has 0 aromatic carbocycles. The molecule has 20 heavy (non-hydrogen) atoms. The highest BCUT2D eigenvalue weighted by Gasteiger charge is 2.39. The van der Waals surface area contributed by atoms with Gasteiger partial charge in [-0.1, -0.05) is 26.7 Å². The van der Waals surface area contributed by atoms with E-state index < -0.39 is 0 Å². The van der Waals surface area contributed by atoms with Gasteiger partial charge >= 0.3 is 0 Å². The van der Waals surface area contributed by atoms with Gasteiger partial charge in [-0.05, 0) is 31.1 Å². The Kier molecular flexibility index (Phi) is 5.44. The van der Waals surface area contributed by atoms with Crippen LogP contribution >= 0.6 is 0 Å². The summed E-state index contributed by atoms with van der Waals surface area (Å²) in [6.45, 7) is 7.42. The van der Waals surface area contributed by atoms with Crippen LogP contribution in [0.1, 0.15) is 52.4 Å². The smallest absolute Gasteiger partial charge is 0.226 e. The van der Waals surface area contributed by atoms with E-state index in [4.69, 9.17) is 10.5 Å². The van der Waals surface area contributed by atoms with E-state index in [1.807, 2.05) is 0 Å². The van der Waals surface area contributed by atoms with Crippen LogP contribution in [0.25, 0.3) is 0 Å². The Bertz CT molecular complexity index is 322. The van der Waals surface area contributed by atoms with Gasteiger partial charge in [0, 0.05) is 25.6 Å². The van der Waals surface area contributed by atoms with Gasteiger partial charge < -0.3 is 15.4 Å². The zero-order valence-corrected chi connectivity index (χ0v) is 13.1. The van der Waals surface area contributed by atoms with Gasteiger partial charge in [0.25, 0.3) is 0 Å². The van der Waals surface area contributed by atoms with E-state index in [9.17, 15) is 4.79 Å². The van der Waals surface area contributed by atoms with Crippen LogP contribution in [0.2, 0.25) is 0 Å².